The summed E-state index contributed by atoms with van der Waals surface area (Å²) in [6.07, 6.45) is -5.34. The fourth-order valence-electron chi connectivity index (χ4n) is 7.43. The number of fused-ring (bicyclic) bond motifs is 1. The van der Waals surface area contributed by atoms with E-state index in [9.17, 15) is 28.2 Å². The van der Waals surface area contributed by atoms with Crippen LogP contribution in [0.1, 0.15) is 29.2 Å². The first-order valence-corrected chi connectivity index (χ1v) is 16.2. The van der Waals surface area contributed by atoms with Crippen LogP contribution in [0.15, 0.2) is 137 Å². The zero-order valence-electron chi connectivity index (χ0n) is 27.0. The van der Waals surface area contributed by atoms with Crippen molar-refractivity contribution in [2.75, 3.05) is 11.6 Å². The normalized spacial score (nSPS) is 20.1. The van der Waals surface area contributed by atoms with E-state index in [0.29, 0.717) is 24.4 Å². The maximum atomic E-state index is 14.3. The molecule has 2 unspecified atom stereocenters. The molecule has 0 radical (unpaired) electrons. The molecule has 1 amide bonds. The molecular formula is C40H35F3N3O3+. The molecule has 4 aromatic carbocycles. The van der Waals surface area contributed by atoms with Crippen LogP contribution >= 0.6 is 0 Å². The summed E-state index contributed by atoms with van der Waals surface area (Å²) in [5.74, 6) is -1.06. The van der Waals surface area contributed by atoms with Crippen LogP contribution < -0.4 is 5.01 Å². The molecule has 1 saturated carbocycles. The minimum absolute atomic E-state index is 0.124. The van der Waals surface area contributed by atoms with Gasteiger partial charge in [-0.2, -0.15) is 27.9 Å². The Balaban J connectivity index is 1.38. The van der Waals surface area contributed by atoms with E-state index in [-0.39, 0.29) is 11.3 Å². The summed E-state index contributed by atoms with van der Waals surface area (Å²) in [6, 6.07) is 34.2. The monoisotopic (exact) mass is 662 g/mol. The number of alkyl halides is 3. The zero-order valence-corrected chi connectivity index (χ0v) is 27.0. The molecule has 2 N–H and O–H groups in total. The van der Waals surface area contributed by atoms with Gasteiger partial charge in [0.25, 0.3) is 5.91 Å². The first kappa shape index (κ1) is 32.4. The largest absolute Gasteiger partial charge is 0.435 e. The van der Waals surface area contributed by atoms with Gasteiger partial charge < -0.3 is 10.2 Å². The average molecular weight is 663 g/mol. The van der Waals surface area contributed by atoms with E-state index >= 15 is 0 Å². The summed E-state index contributed by atoms with van der Waals surface area (Å²) >= 11 is 0. The Hall–Kier alpha value is -5.12. The number of aliphatic hydroxyl groups excluding tert-OH is 2. The Kier molecular flexibility index (Phi) is 8.21. The van der Waals surface area contributed by atoms with E-state index < -0.39 is 46.6 Å². The molecular weight excluding hydrogens is 627 g/mol. The lowest BCUT2D eigenvalue weighted by atomic mass is 9.67. The highest BCUT2D eigenvalue weighted by Gasteiger charge is 2.56. The highest BCUT2D eigenvalue weighted by Crippen LogP contribution is 2.48. The number of nitrogens with zero attached hydrogens (tertiary/aromatic N) is 3. The van der Waals surface area contributed by atoms with Gasteiger partial charge in [-0.05, 0) is 56.0 Å². The van der Waals surface area contributed by atoms with Gasteiger partial charge in [0.1, 0.15) is 18.8 Å². The van der Waals surface area contributed by atoms with Gasteiger partial charge in [-0.25, -0.2) is 0 Å². The number of aryl methyl sites for hydroxylation is 1. The number of benzene rings is 4. The van der Waals surface area contributed by atoms with Crippen LogP contribution in [0.3, 0.4) is 0 Å². The Morgan fingerprint density at radius 1 is 0.857 bits per heavy atom. The zero-order chi connectivity index (χ0) is 34.5. The smallest absolute Gasteiger partial charge is 0.384 e. The number of hydrogen-bond donors (Lipinski definition) is 2. The van der Waals surface area contributed by atoms with Crippen molar-refractivity contribution in [1.82, 2.24) is 0 Å². The summed E-state index contributed by atoms with van der Waals surface area (Å²) in [5.41, 5.74) is 3.07. The number of carbonyl (C=O) groups excluding carboxylic acids is 1. The quantitative estimate of drug-likeness (QED) is 0.170. The molecule has 1 aliphatic carbocycles. The van der Waals surface area contributed by atoms with Gasteiger partial charge in [-0.15, -0.1) is 0 Å². The third kappa shape index (κ3) is 5.53. The minimum atomic E-state index is -5.00. The Labute approximate surface area is 282 Å². The second kappa shape index (κ2) is 12.4. The van der Waals surface area contributed by atoms with Gasteiger partial charge in [0.05, 0.1) is 16.7 Å². The van der Waals surface area contributed by atoms with Crippen LogP contribution in [0.5, 0.6) is 0 Å². The van der Waals surface area contributed by atoms with E-state index in [1.165, 1.54) is 12.1 Å². The van der Waals surface area contributed by atoms with Gasteiger partial charge >= 0.3 is 6.18 Å². The molecule has 0 aromatic heterocycles. The number of allylic oxidation sites excluding steroid dienone is 1. The van der Waals surface area contributed by atoms with Crippen molar-refractivity contribution in [3.8, 4) is 0 Å². The molecule has 6 nitrogen and oxygen atoms in total. The number of amides is 1. The molecule has 0 saturated heterocycles. The van der Waals surface area contributed by atoms with Crippen molar-refractivity contribution in [3.63, 3.8) is 0 Å². The van der Waals surface area contributed by atoms with Crippen molar-refractivity contribution in [2.24, 2.45) is 5.10 Å². The second-order valence-electron chi connectivity index (χ2n) is 12.7. The average Bonchev–Trinajstić information content (AvgIpc) is 3.56. The molecule has 2 atom stereocenters. The number of anilines is 1. The topological polar surface area (TPSA) is 76.1 Å². The number of para-hydroxylation sites is 1. The van der Waals surface area contributed by atoms with Gasteiger partial charge in [0.2, 0.25) is 5.69 Å². The Morgan fingerprint density at radius 2 is 1.41 bits per heavy atom. The minimum Gasteiger partial charge on any atom is -0.384 e. The lowest BCUT2D eigenvalue weighted by Gasteiger charge is -2.37. The van der Waals surface area contributed by atoms with E-state index in [0.717, 1.165) is 33.7 Å². The third-order valence-electron chi connectivity index (χ3n) is 9.68. The molecule has 248 valence electrons. The van der Waals surface area contributed by atoms with Crippen molar-refractivity contribution in [1.29, 1.82) is 0 Å². The summed E-state index contributed by atoms with van der Waals surface area (Å²) in [6.45, 7) is 4.62. The predicted octanol–water partition coefficient (Wildman–Crippen LogP) is 6.76. The SMILES string of the molecule is CC[N+]1=C(C=C2C(O)C(=C3C(=O)N(c4ccccc4)N=C3C(F)(F)F)C2O)C(Cc2ccccc2)(Cc2ccccc2)c2cc(C)ccc21. The second-order valence-corrected chi connectivity index (χ2v) is 12.7. The lowest BCUT2D eigenvalue weighted by molar-refractivity contribution is -0.433. The van der Waals surface area contributed by atoms with E-state index in [4.69, 9.17) is 0 Å². The fraction of sp³-hybridized carbons (Fsp3) is 0.225. The van der Waals surface area contributed by atoms with Crippen LogP contribution in [-0.4, -0.2) is 57.0 Å². The van der Waals surface area contributed by atoms with Crippen LogP contribution in [0.2, 0.25) is 0 Å². The van der Waals surface area contributed by atoms with E-state index in [1.54, 1.807) is 24.3 Å². The molecule has 3 aliphatic rings. The van der Waals surface area contributed by atoms with Gasteiger partial charge in [-0.1, -0.05) is 90.5 Å². The van der Waals surface area contributed by atoms with Crippen LogP contribution in [0.25, 0.3) is 0 Å². The fourth-order valence-corrected chi connectivity index (χ4v) is 7.43. The number of halogens is 3. The van der Waals surface area contributed by atoms with Crippen molar-refractivity contribution in [3.05, 3.63) is 154 Å². The van der Waals surface area contributed by atoms with Crippen molar-refractivity contribution in [2.45, 2.75) is 50.5 Å². The van der Waals surface area contributed by atoms with Gasteiger partial charge in [0.15, 0.2) is 11.4 Å². The van der Waals surface area contributed by atoms with Crippen LogP contribution in [-0.2, 0) is 23.1 Å². The Morgan fingerprint density at radius 3 is 1.94 bits per heavy atom. The molecule has 9 heteroatoms. The first-order valence-electron chi connectivity index (χ1n) is 16.2. The molecule has 7 rings (SSSR count). The number of carbonyl (C=O) groups is 1. The summed E-state index contributed by atoms with van der Waals surface area (Å²) in [5, 5.41) is 27.4. The van der Waals surface area contributed by atoms with Crippen LogP contribution in [0.4, 0.5) is 24.5 Å². The maximum Gasteiger partial charge on any atom is 0.435 e. The lowest BCUT2D eigenvalue weighted by Crippen LogP contribution is -2.47. The van der Waals surface area contributed by atoms with Gasteiger partial charge in [0, 0.05) is 28.9 Å². The molecule has 2 aliphatic heterocycles. The molecule has 0 spiro atoms. The van der Waals surface area contributed by atoms with Gasteiger partial charge in [-0.3, -0.25) is 4.79 Å². The summed E-state index contributed by atoms with van der Waals surface area (Å²) < 4.78 is 45.2. The highest BCUT2D eigenvalue weighted by atomic mass is 19.4. The van der Waals surface area contributed by atoms with E-state index in [2.05, 4.69) is 46.1 Å². The van der Waals surface area contributed by atoms with Crippen molar-refractivity contribution < 1.29 is 32.8 Å². The maximum absolute atomic E-state index is 14.3. The van der Waals surface area contributed by atoms with Crippen molar-refractivity contribution >= 4 is 28.7 Å². The van der Waals surface area contributed by atoms with Crippen LogP contribution in [0, 0.1) is 6.92 Å². The number of rotatable bonds is 7. The highest BCUT2D eigenvalue weighted by molar-refractivity contribution is 6.33. The molecule has 49 heavy (non-hydrogen) atoms. The molecule has 1 fully saturated rings. The summed E-state index contributed by atoms with van der Waals surface area (Å²) in [4.78, 5) is 13.5. The predicted molar refractivity (Wildman–Crippen MR) is 183 cm³/mol. The summed E-state index contributed by atoms with van der Waals surface area (Å²) in [7, 11) is 0. The number of hydrazone groups is 1. The number of aliphatic hydroxyl groups is 2. The molecule has 4 aromatic rings. The standard InChI is InChI=1S/C40H35F3N3O3/c1-3-45-31-20-19-25(2)21-30(31)39(23-26-13-7-4-8-14-26,24-27-15-9-5-10-16-27)32(45)22-29-35(47)33(36(29)48)34-37(40(41,42)43)44-46(38(34)49)28-17-11-6-12-18-28/h4-22,35-36,47-48H,3,23-24H2,1-2H3/q+1. The Bertz CT molecular complexity index is 2000. The first-order chi connectivity index (χ1) is 23.5. The van der Waals surface area contributed by atoms with E-state index in [1.807, 2.05) is 56.3 Å². The third-order valence-corrected chi connectivity index (χ3v) is 9.68. The number of hydrogen-bond acceptors (Lipinski definition) is 4. The molecule has 2 heterocycles. The molecule has 0 bridgehead atoms.